The lowest BCUT2D eigenvalue weighted by Crippen LogP contribution is -2.38. The molecule has 0 fully saturated rings. The van der Waals surface area contributed by atoms with Crippen molar-refractivity contribution in [3.8, 4) is 0 Å². The predicted molar refractivity (Wildman–Crippen MR) is 72.0 cm³/mol. The maximum absolute atomic E-state index is 12.6. The molecule has 6 heteroatoms. The summed E-state index contributed by atoms with van der Waals surface area (Å²) < 4.78 is 7.07. The zero-order valence-electron chi connectivity index (χ0n) is 11.7. The van der Waals surface area contributed by atoms with Crippen molar-refractivity contribution in [2.45, 2.75) is 32.9 Å². The van der Waals surface area contributed by atoms with Gasteiger partial charge >= 0.3 is 0 Å². The summed E-state index contributed by atoms with van der Waals surface area (Å²) >= 11 is 0. The first-order chi connectivity index (χ1) is 9.68. The highest BCUT2D eigenvalue weighted by Crippen LogP contribution is 2.31. The lowest BCUT2D eigenvalue weighted by atomic mass is 10.0. The molecule has 0 N–H and O–H groups in total. The minimum atomic E-state index is -0.0890. The number of rotatable bonds is 2. The van der Waals surface area contributed by atoms with Crippen LogP contribution in [0.15, 0.2) is 29.5 Å². The van der Waals surface area contributed by atoms with Crippen molar-refractivity contribution in [3.63, 3.8) is 0 Å². The number of amides is 1. The Hall–Kier alpha value is -2.11. The van der Waals surface area contributed by atoms with Gasteiger partial charge in [0.15, 0.2) is 12.1 Å². The number of carbonyl (C=O) groups excluding carboxylic acids is 1. The third-order valence-corrected chi connectivity index (χ3v) is 3.69. The fourth-order valence-corrected chi connectivity index (χ4v) is 2.82. The molecule has 1 atom stereocenters. The van der Waals surface area contributed by atoms with Gasteiger partial charge in [-0.25, -0.2) is 9.97 Å². The Labute approximate surface area is 117 Å². The Kier molecular flexibility index (Phi) is 3.30. The molecule has 2 aromatic rings. The van der Waals surface area contributed by atoms with Crippen molar-refractivity contribution in [1.29, 1.82) is 0 Å². The van der Waals surface area contributed by atoms with Crippen molar-refractivity contribution < 1.29 is 9.21 Å². The topological polar surface area (TPSA) is 64.2 Å². The second-order valence-corrected chi connectivity index (χ2v) is 5.39. The molecule has 0 aliphatic carbocycles. The number of hydrogen-bond acceptors (Lipinski definition) is 4. The molecular weight excluding hydrogens is 256 g/mol. The van der Waals surface area contributed by atoms with E-state index in [9.17, 15) is 4.79 Å². The SMILES string of the molecule is CC(C)C1c2nccn2CCCN1C(=O)c1cocn1. The van der Waals surface area contributed by atoms with Crippen molar-refractivity contribution in [1.82, 2.24) is 19.4 Å². The summed E-state index contributed by atoms with van der Waals surface area (Å²) in [6.07, 6.45) is 7.38. The first-order valence-electron chi connectivity index (χ1n) is 6.88. The molecule has 106 valence electrons. The highest BCUT2D eigenvalue weighted by Gasteiger charge is 2.34. The molecule has 20 heavy (non-hydrogen) atoms. The highest BCUT2D eigenvalue weighted by molar-refractivity contribution is 5.92. The molecule has 1 amide bonds. The van der Waals surface area contributed by atoms with E-state index in [4.69, 9.17) is 4.42 Å². The summed E-state index contributed by atoms with van der Waals surface area (Å²) in [5.41, 5.74) is 0.357. The number of aryl methyl sites for hydroxylation is 1. The Morgan fingerprint density at radius 2 is 2.25 bits per heavy atom. The fourth-order valence-electron chi connectivity index (χ4n) is 2.82. The Morgan fingerprint density at radius 1 is 1.40 bits per heavy atom. The van der Waals surface area contributed by atoms with Crippen LogP contribution in [0.5, 0.6) is 0 Å². The van der Waals surface area contributed by atoms with Crippen LogP contribution in [0.2, 0.25) is 0 Å². The smallest absolute Gasteiger partial charge is 0.276 e. The summed E-state index contributed by atoms with van der Waals surface area (Å²) in [6.45, 7) is 5.81. The quantitative estimate of drug-likeness (QED) is 0.841. The number of oxazole rings is 1. The standard InChI is InChI=1S/C14H18N4O2/c1-10(2)12-13-15-4-7-17(13)5-3-6-18(12)14(19)11-8-20-9-16-11/h4,7-10,12H,3,5-6H2,1-2H3. The lowest BCUT2D eigenvalue weighted by molar-refractivity contribution is 0.0616. The molecule has 1 unspecified atom stereocenters. The van der Waals surface area contributed by atoms with Gasteiger partial charge < -0.3 is 13.9 Å². The van der Waals surface area contributed by atoms with Crippen LogP contribution in [0.25, 0.3) is 0 Å². The predicted octanol–water partition coefficient (Wildman–Crippen LogP) is 2.11. The van der Waals surface area contributed by atoms with E-state index < -0.39 is 0 Å². The van der Waals surface area contributed by atoms with Gasteiger partial charge in [-0.05, 0) is 12.3 Å². The van der Waals surface area contributed by atoms with Crippen molar-refractivity contribution in [3.05, 3.63) is 36.6 Å². The molecule has 0 saturated heterocycles. The first-order valence-corrected chi connectivity index (χ1v) is 6.88. The largest absolute Gasteiger partial charge is 0.451 e. The summed E-state index contributed by atoms with van der Waals surface area (Å²) in [6, 6.07) is -0.0308. The molecule has 1 aliphatic rings. The van der Waals surface area contributed by atoms with E-state index in [0.29, 0.717) is 12.2 Å². The van der Waals surface area contributed by atoms with E-state index in [-0.39, 0.29) is 17.9 Å². The Bertz CT molecular complexity index is 588. The van der Waals surface area contributed by atoms with Gasteiger partial charge in [0.25, 0.3) is 5.91 Å². The Balaban J connectivity index is 1.99. The van der Waals surface area contributed by atoms with Crippen LogP contribution >= 0.6 is 0 Å². The fraction of sp³-hybridized carbons (Fsp3) is 0.500. The van der Waals surface area contributed by atoms with Crippen molar-refractivity contribution in [2.75, 3.05) is 6.54 Å². The second-order valence-electron chi connectivity index (χ2n) is 5.39. The number of imidazole rings is 1. The third-order valence-electron chi connectivity index (χ3n) is 3.69. The van der Waals surface area contributed by atoms with Crippen LogP contribution in [0, 0.1) is 5.92 Å². The Morgan fingerprint density at radius 3 is 2.95 bits per heavy atom. The maximum atomic E-state index is 12.6. The maximum Gasteiger partial charge on any atom is 0.276 e. The third kappa shape index (κ3) is 2.11. The van der Waals surface area contributed by atoms with Gasteiger partial charge in [0.1, 0.15) is 12.1 Å². The van der Waals surface area contributed by atoms with Crippen LogP contribution in [-0.2, 0) is 6.54 Å². The lowest BCUT2D eigenvalue weighted by Gasteiger charge is -2.31. The minimum Gasteiger partial charge on any atom is -0.451 e. The summed E-state index contributed by atoms with van der Waals surface area (Å²) in [5, 5.41) is 0. The van der Waals surface area contributed by atoms with Crippen molar-refractivity contribution >= 4 is 5.91 Å². The molecule has 0 bridgehead atoms. The molecule has 1 aliphatic heterocycles. The van der Waals surface area contributed by atoms with Crippen LogP contribution < -0.4 is 0 Å². The summed E-state index contributed by atoms with van der Waals surface area (Å²) in [4.78, 5) is 22.9. The van der Waals surface area contributed by atoms with Gasteiger partial charge in [-0.15, -0.1) is 0 Å². The van der Waals surface area contributed by atoms with E-state index in [2.05, 4.69) is 28.4 Å². The summed E-state index contributed by atoms with van der Waals surface area (Å²) in [5.74, 6) is 1.15. The number of nitrogens with zero attached hydrogens (tertiary/aromatic N) is 4. The molecule has 6 nitrogen and oxygen atoms in total. The van der Waals surface area contributed by atoms with E-state index >= 15 is 0 Å². The number of aromatic nitrogens is 3. The average molecular weight is 274 g/mol. The minimum absolute atomic E-state index is 0.0308. The molecular formula is C14H18N4O2. The monoisotopic (exact) mass is 274 g/mol. The highest BCUT2D eigenvalue weighted by atomic mass is 16.3. The van der Waals surface area contributed by atoms with Gasteiger partial charge in [0.2, 0.25) is 0 Å². The van der Waals surface area contributed by atoms with Gasteiger partial charge in [-0.1, -0.05) is 13.8 Å². The number of hydrogen-bond donors (Lipinski definition) is 0. The molecule has 3 heterocycles. The van der Waals surface area contributed by atoms with Crippen LogP contribution in [0.4, 0.5) is 0 Å². The zero-order valence-corrected chi connectivity index (χ0v) is 11.7. The summed E-state index contributed by atoms with van der Waals surface area (Å²) in [7, 11) is 0. The van der Waals surface area contributed by atoms with E-state index in [0.717, 1.165) is 18.8 Å². The van der Waals surface area contributed by atoms with Crippen LogP contribution in [0.3, 0.4) is 0 Å². The molecule has 0 aromatic carbocycles. The number of fused-ring (bicyclic) bond motifs is 1. The van der Waals surface area contributed by atoms with Crippen LogP contribution in [0.1, 0.15) is 42.6 Å². The average Bonchev–Trinajstić information content (AvgIpc) is 3.06. The molecule has 0 radical (unpaired) electrons. The molecule has 3 rings (SSSR count). The van der Waals surface area contributed by atoms with Gasteiger partial charge in [0, 0.05) is 25.5 Å². The first kappa shape index (κ1) is 12.9. The zero-order chi connectivity index (χ0) is 14.1. The van der Waals surface area contributed by atoms with Crippen LogP contribution in [-0.4, -0.2) is 31.9 Å². The van der Waals surface area contributed by atoms with E-state index in [1.54, 1.807) is 6.20 Å². The van der Waals surface area contributed by atoms with E-state index in [1.807, 2.05) is 11.1 Å². The molecule has 0 spiro atoms. The van der Waals surface area contributed by atoms with Gasteiger partial charge in [-0.3, -0.25) is 4.79 Å². The second kappa shape index (κ2) is 5.11. The normalized spacial score (nSPS) is 18.9. The van der Waals surface area contributed by atoms with Crippen molar-refractivity contribution in [2.24, 2.45) is 5.92 Å². The molecule has 2 aromatic heterocycles. The number of carbonyl (C=O) groups is 1. The van der Waals surface area contributed by atoms with Gasteiger partial charge in [-0.2, -0.15) is 0 Å². The van der Waals surface area contributed by atoms with Gasteiger partial charge in [0.05, 0.1) is 6.04 Å². The van der Waals surface area contributed by atoms with E-state index in [1.165, 1.54) is 12.7 Å². The molecule has 0 saturated carbocycles.